The van der Waals surface area contributed by atoms with Crippen LogP contribution < -0.4 is 0 Å². The van der Waals surface area contributed by atoms with Gasteiger partial charge in [0, 0.05) is 30.4 Å². The SMILES string of the molecule is FC(F)(F)c1nccc(-c2ccn3ccnc3c2)n1. The Kier molecular flexibility index (Phi) is 2.48. The lowest BCUT2D eigenvalue weighted by Crippen LogP contribution is -2.10. The van der Waals surface area contributed by atoms with E-state index in [1.807, 2.05) is 0 Å². The van der Waals surface area contributed by atoms with E-state index in [0.29, 0.717) is 11.2 Å². The highest BCUT2D eigenvalue weighted by molar-refractivity contribution is 5.63. The first kappa shape index (κ1) is 11.6. The van der Waals surface area contributed by atoms with Gasteiger partial charge in [-0.1, -0.05) is 0 Å². The maximum Gasteiger partial charge on any atom is 0.451 e. The summed E-state index contributed by atoms with van der Waals surface area (Å²) in [7, 11) is 0. The maximum atomic E-state index is 12.5. The Balaban J connectivity index is 2.10. The van der Waals surface area contributed by atoms with Gasteiger partial charge in [-0.2, -0.15) is 13.2 Å². The highest BCUT2D eigenvalue weighted by Gasteiger charge is 2.34. The molecular weight excluding hydrogens is 257 g/mol. The first-order valence-electron chi connectivity index (χ1n) is 5.37. The summed E-state index contributed by atoms with van der Waals surface area (Å²) in [6, 6.07) is 4.78. The van der Waals surface area contributed by atoms with Crippen molar-refractivity contribution in [3.63, 3.8) is 0 Å². The molecular formula is C12H7F3N4. The van der Waals surface area contributed by atoms with Crippen molar-refractivity contribution in [1.29, 1.82) is 0 Å². The lowest BCUT2D eigenvalue weighted by Gasteiger charge is -2.06. The van der Waals surface area contributed by atoms with Crippen LogP contribution in [0.2, 0.25) is 0 Å². The zero-order valence-corrected chi connectivity index (χ0v) is 9.46. The monoisotopic (exact) mass is 264 g/mol. The van der Waals surface area contributed by atoms with Crippen LogP contribution in [0.5, 0.6) is 0 Å². The van der Waals surface area contributed by atoms with Gasteiger partial charge in [-0.25, -0.2) is 15.0 Å². The second kappa shape index (κ2) is 4.04. The molecule has 96 valence electrons. The molecule has 0 fully saturated rings. The molecule has 0 spiro atoms. The summed E-state index contributed by atoms with van der Waals surface area (Å²) in [6.07, 6.45) is 1.63. The molecule has 3 aromatic heterocycles. The van der Waals surface area contributed by atoms with E-state index in [2.05, 4.69) is 15.0 Å². The normalized spacial score (nSPS) is 11.9. The topological polar surface area (TPSA) is 43.1 Å². The number of hydrogen-bond acceptors (Lipinski definition) is 3. The van der Waals surface area contributed by atoms with Crippen molar-refractivity contribution in [3.8, 4) is 11.3 Å². The van der Waals surface area contributed by atoms with Crippen LogP contribution >= 0.6 is 0 Å². The Morgan fingerprint density at radius 3 is 2.63 bits per heavy atom. The van der Waals surface area contributed by atoms with Crippen molar-refractivity contribution in [2.45, 2.75) is 6.18 Å². The van der Waals surface area contributed by atoms with Gasteiger partial charge >= 0.3 is 6.18 Å². The molecule has 3 heterocycles. The predicted octanol–water partition coefficient (Wildman–Crippen LogP) is 2.81. The third kappa shape index (κ3) is 2.14. The Labute approximate surface area is 105 Å². The van der Waals surface area contributed by atoms with Crippen LogP contribution in [0.1, 0.15) is 5.82 Å². The Bertz CT molecular complexity index is 733. The number of nitrogens with zero attached hydrogens (tertiary/aromatic N) is 4. The van der Waals surface area contributed by atoms with E-state index in [9.17, 15) is 13.2 Å². The molecule has 0 aromatic carbocycles. The molecule has 0 aliphatic rings. The minimum Gasteiger partial charge on any atom is -0.307 e. The lowest BCUT2D eigenvalue weighted by atomic mass is 10.2. The second-order valence-corrected chi connectivity index (χ2v) is 3.87. The van der Waals surface area contributed by atoms with Crippen LogP contribution in [0.4, 0.5) is 13.2 Å². The van der Waals surface area contributed by atoms with Gasteiger partial charge in [0.15, 0.2) is 0 Å². The van der Waals surface area contributed by atoms with Gasteiger partial charge in [-0.05, 0) is 18.2 Å². The van der Waals surface area contributed by atoms with Gasteiger partial charge < -0.3 is 4.40 Å². The summed E-state index contributed by atoms with van der Waals surface area (Å²) in [5.74, 6) is -1.15. The van der Waals surface area contributed by atoms with Crippen LogP contribution in [-0.4, -0.2) is 19.4 Å². The number of rotatable bonds is 1. The molecule has 0 atom stereocenters. The zero-order chi connectivity index (χ0) is 13.5. The van der Waals surface area contributed by atoms with E-state index in [1.165, 1.54) is 6.07 Å². The first-order chi connectivity index (χ1) is 9.04. The fraction of sp³-hybridized carbons (Fsp3) is 0.0833. The van der Waals surface area contributed by atoms with Crippen LogP contribution in [0, 0.1) is 0 Å². The number of aromatic nitrogens is 4. The van der Waals surface area contributed by atoms with Gasteiger partial charge in [0.1, 0.15) is 5.65 Å². The largest absolute Gasteiger partial charge is 0.451 e. The lowest BCUT2D eigenvalue weighted by molar-refractivity contribution is -0.144. The van der Waals surface area contributed by atoms with E-state index in [-0.39, 0.29) is 5.69 Å². The molecule has 3 rings (SSSR count). The molecule has 0 aliphatic heterocycles. The van der Waals surface area contributed by atoms with Crippen molar-refractivity contribution in [3.05, 3.63) is 48.8 Å². The number of halogens is 3. The third-order valence-electron chi connectivity index (χ3n) is 2.60. The number of imidazole rings is 1. The zero-order valence-electron chi connectivity index (χ0n) is 9.46. The molecule has 0 amide bonds. The maximum absolute atomic E-state index is 12.5. The summed E-state index contributed by atoms with van der Waals surface area (Å²) in [5, 5.41) is 0. The van der Waals surface area contributed by atoms with Gasteiger partial charge in [0.05, 0.1) is 5.69 Å². The minimum absolute atomic E-state index is 0.216. The fourth-order valence-corrected chi connectivity index (χ4v) is 1.73. The van der Waals surface area contributed by atoms with Crippen LogP contribution in [0.25, 0.3) is 16.9 Å². The van der Waals surface area contributed by atoms with Gasteiger partial charge in [-0.15, -0.1) is 0 Å². The highest BCUT2D eigenvalue weighted by Crippen LogP contribution is 2.27. The molecule has 19 heavy (non-hydrogen) atoms. The predicted molar refractivity (Wildman–Crippen MR) is 61.2 cm³/mol. The number of hydrogen-bond donors (Lipinski definition) is 0. The Morgan fingerprint density at radius 1 is 1.00 bits per heavy atom. The van der Waals surface area contributed by atoms with E-state index < -0.39 is 12.0 Å². The average Bonchev–Trinajstić information content (AvgIpc) is 2.85. The summed E-state index contributed by atoms with van der Waals surface area (Å²) >= 11 is 0. The summed E-state index contributed by atoms with van der Waals surface area (Å²) in [4.78, 5) is 10.8. The molecule has 0 unspecified atom stereocenters. The fourth-order valence-electron chi connectivity index (χ4n) is 1.73. The minimum atomic E-state index is -4.55. The second-order valence-electron chi connectivity index (χ2n) is 3.87. The van der Waals surface area contributed by atoms with Crippen LogP contribution in [0.3, 0.4) is 0 Å². The van der Waals surface area contributed by atoms with Crippen molar-refractivity contribution in [1.82, 2.24) is 19.4 Å². The summed E-state index contributed by atoms with van der Waals surface area (Å²) < 4.78 is 39.4. The standard InChI is InChI=1S/C12H7F3N4/c13-12(14,15)11-17-3-1-9(18-11)8-2-5-19-6-4-16-10(19)7-8/h1-7H. The van der Waals surface area contributed by atoms with Crippen molar-refractivity contribution < 1.29 is 13.2 Å². The van der Waals surface area contributed by atoms with Gasteiger partial charge in [-0.3, -0.25) is 0 Å². The molecule has 0 saturated carbocycles. The van der Waals surface area contributed by atoms with E-state index >= 15 is 0 Å². The van der Waals surface area contributed by atoms with E-state index in [1.54, 1.807) is 35.1 Å². The average molecular weight is 264 g/mol. The molecule has 0 aliphatic carbocycles. The van der Waals surface area contributed by atoms with Crippen molar-refractivity contribution >= 4 is 5.65 Å². The smallest absolute Gasteiger partial charge is 0.307 e. The van der Waals surface area contributed by atoms with Gasteiger partial charge in [0.2, 0.25) is 5.82 Å². The van der Waals surface area contributed by atoms with Crippen LogP contribution in [0.15, 0.2) is 43.0 Å². The first-order valence-corrected chi connectivity index (χ1v) is 5.37. The number of pyridine rings is 1. The quantitative estimate of drug-likeness (QED) is 0.678. The molecule has 7 heteroatoms. The molecule has 0 bridgehead atoms. The summed E-state index contributed by atoms with van der Waals surface area (Å²) in [6.45, 7) is 0. The molecule has 4 nitrogen and oxygen atoms in total. The number of fused-ring (bicyclic) bond motifs is 1. The molecule has 0 saturated heterocycles. The summed E-state index contributed by atoms with van der Waals surface area (Å²) in [5.41, 5.74) is 1.42. The van der Waals surface area contributed by atoms with E-state index in [0.717, 1.165) is 6.20 Å². The number of alkyl halides is 3. The molecule has 3 aromatic rings. The highest BCUT2D eigenvalue weighted by atomic mass is 19.4. The van der Waals surface area contributed by atoms with Crippen molar-refractivity contribution in [2.24, 2.45) is 0 Å². The molecule has 0 N–H and O–H groups in total. The van der Waals surface area contributed by atoms with Crippen LogP contribution in [-0.2, 0) is 6.18 Å². The van der Waals surface area contributed by atoms with E-state index in [4.69, 9.17) is 0 Å². The van der Waals surface area contributed by atoms with Gasteiger partial charge in [0.25, 0.3) is 0 Å². The Morgan fingerprint density at radius 2 is 1.84 bits per heavy atom. The van der Waals surface area contributed by atoms with Crippen molar-refractivity contribution in [2.75, 3.05) is 0 Å². The molecule has 0 radical (unpaired) electrons. The Hall–Kier alpha value is -2.44. The third-order valence-corrected chi connectivity index (χ3v) is 2.60.